The van der Waals surface area contributed by atoms with E-state index in [1.165, 1.54) is 0 Å². The van der Waals surface area contributed by atoms with Gasteiger partial charge in [0.25, 0.3) is 0 Å². The Hall–Kier alpha value is -0.730. The molecule has 3 nitrogen and oxygen atoms in total. The van der Waals surface area contributed by atoms with E-state index in [9.17, 15) is 0 Å². The van der Waals surface area contributed by atoms with Crippen LogP contribution in [0.5, 0.6) is 0 Å². The first-order valence-electron chi connectivity index (χ1n) is 2.25. The molecule has 1 rings (SSSR count). The second-order valence-electron chi connectivity index (χ2n) is 1.33. The number of rotatable bonds is 0. The SMILES string of the molecule is [CH2]NC1=NCCN1. The van der Waals surface area contributed by atoms with Crippen LogP contribution in [0.25, 0.3) is 0 Å². The standard InChI is InChI=1S/C4H8N3/c1-5-4-6-2-3-7-4/h1-3H2,(H2,5,6,7). The van der Waals surface area contributed by atoms with Gasteiger partial charge in [0.2, 0.25) is 0 Å². The van der Waals surface area contributed by atoms with Crippen LogP contribution in [0.4, 0.5) is 0 Å². The Labute approximate surface area is 42.8 Å². The van der Waals surface area contributed by atoms with Crippen LogP contribution in [-0.4, -0.2) is 19.0 Å². The number of aliphatic imine (C=N–C) groups is 1. The summed E-state index contributed by atoms with van der Waals surface area (Å²) in [7, 11) is 3.42. The van der Waals surface area contributed by atoms with Crippen molar-refractivity contribution in [3.05, 3.63) is 7.05 Å². The Bertz CT molecular complexity index is 86.9. The number of nitrogens with zero attached hydrogens (tertiary/aromatic N) is 1. The van der Waals surface area contributed by atoms with Crippen LogP contribution in [0.15, 0.2) is 4.99 Å². The van der Waals surface area contributed by atoms with Crippen molar-refractivity contribution in [3.63, 3.8) is 0 Å². The molecule has 0 aliphatic carbocycles. The lowest BCUT2D eigenvalue weighted by Crippen LogP contribution is -2.28. The van der Waals surface area contributed by atoms with Gasteiger partial charge in [0.15, 0.2) is 5.96 Å². The molecule has 0 aromatic carbocycles. The van der Waals surface area contributed by atoms with Gasteiger partial charge in [-0.2, -0.15) is 0 Å². The maximum Gasteiger partial charge on any atom is 0.191 e. The third-order valence-electron chi connectivity index (χ3n) is 0.842. The molecule has 0 amide bonds. The molecule has 0 spiro atoms. The van der Waals surface area contributed by atoms with Crippen LogP contribution in [0.1, 0.15) is 0 Å². The predicted molar refractivity (Wildman–Crippen MR) is 28.8 cm³/mol. The zero-order valence-electron chi connectivity index (χ0n) is 4.07. The number of nitrogens with one attached hydrogen (secondary N) is 2. The molecule has 1 aliphatic heterocycles. The number of guanidine groups is 1. The molecule has 0 saturated heterocycles. The summed E-state index contributed by atoms with van der Waals surface area (Å²) >= 11 is 0. The second kappa shape index (κ2) is 1.82. The molecule has 0 bridgehead atoms. The Balaban J connectivity index is 2.36. The lowest BCUT2D eigenvalue weighted by Gasteiger charge is -1.95. The highest BCUT2D eigenvalue weighted by molar-refractivity contribution is 5.81. The van der Waals surface area contributed by atoms with Crippen LogP contribution in [0, 0.1) is 7.05 Å². The first-order chi connectivity index (χ1) is 3.43. The van der Waals surface area contributed by atoms with Gasteiger partial charge in [-0.3, -0.25) is 4.99 Å². The quantitative estimate of drug-likeness (QED) is 0.421. The van der Waals surface area contributed by atoms with Crippen LogP contribution >= 0.6 is 0 Å². The van der Waals surface area contributed by atoms with E-state index in [-0.39, 0.29) is 0 Å². The van der Waals surface area contributed by atoms with Gasteiger partial charge in [-0.15, -0.1) is 0 Å². The zero-order chi connectivity index (χ0) is 5.11. The zero-order valence-corrected chi connectivity index (χ0v) is 4.07. The molecular weight excluding hydrogens is 90.1 g/mol. The van der Waals surface area contributed by atoms with Crippen molar-refractivity contribution in [3.8, 4) is 0 Å². The first kappa shape index (κ1) is 4.43. The molecule has 1 radical (unpaired) electrons. The average Bonchev–Trinajstić information content (AvgIpc) is 2.14. The topological polar surface area (TPSA) is 36.4 Å². The van der Waals surface area contributed by atoms with Gasteiger partial charge in [0.05, 0.1) is 6.54 Å². The van der Waals surface area contributed by atoms with Gasteiger partial charge in [0, 0.05) is 13.6 Å². The fourth-order valence-electron chi connectivity index (χ4n) is 0.516. The fourth-order valence-corrected chi connectivity index (χ4v) is 0.516. The van der Waals surface area contributed by atoms with Crippen molar-refractivity contribution >= 4 is 5.96 Å². The molecule has 1 aliphatic rings. The summed E-state index contributed by atoms with van der Waals surface area (Å²) in [5.74, 6) is 0.806. The minimum atomic E-state index is 0.806. The Kier molecular flexibility index (Phi) is 1.15. The third kappa shape index (κ3) is 0.824. The molecule has 0 unspecified atom stereocenters. The van der Waals surface area contributed by atoms with Crippen molar-refractivity contribution in [1.82, 2.24) is 10.6 Å². The van der Waals surface area contributed by atoms with Gasteiger partial charge < -0.3 is 10.6 Å². The molecule has 0 atom stereocenters. The summed E-state index contributed by atoms with van der Waals surface area (Å²) in [5.41, 5.74) is 0. The van der Waals surface area contributed by atoms with Crippen molar-refractivity contribution in [2.45, 2.75) is 0 Å². The van der Waals surface area contributed by atoms with E-state index in [1.807, 2.05) is 0 Å². The van der Waals surface area contributed by atoms with Gasteiger partial charge >= 0.3 is 0 Å². The van der Waals surface area contributed by atoms with Crippen LogP contribution in [0.2, 0.25) is 0 Å². The van der Waals surface area contributed by atoms with E-state index < -0.39 is 0 Å². The van der Waals surface area contributed by atoms with Crippen molar-refractivity contribution < 1.29 is 0 Å². The van der Waals surface area contributed by atoms with Crippen molar-refractivity contribution in [2.75, 3.05) is 13.1 Å². The molecular formula is C4H8N3. The summed E-state index contributed by atoms with van der Waals surface area (Å²) in [6.07, 6.45) is 0. The minimum Gasteiger partial charge on any atom is -0.355 e. The van der Waals surface area contributed by atoms with E-state index in [1.54, 1.807) is 0 Å². The normalized spacial score (nSPS) is 18.1. The Morgan fingerprint density at radius 1 is 1.86 bits per heavy atom. The maximum absolute atomic E-state index is 3.99. The maximum atomic E-state index is 3.99. The highest BCUT2D eigenvalue weighted by Crippen LogP contribution is 1.77. The molecule has 7 heavy (non-hydrogen) atoms. The minimum absolute atomic E-state index is 0.806. The summed E-state index contributed by atoms with van der Waals surface area (Å²) < 4.78 is 0. The highest BCUT2D eigenvalue weighted by Gasteiger charge is 1.98. The summed E-state index contributed by atoms with van der Waals surface area (Å²) in [5, 5.41) is 5.64. The monoisotopic (exact) mass is 98.1 g/mol. The second-order valence-corrected chi connectivity index (χ2v) is 1.33. The molecule has 1 heterocycles. The molecule has 0 aromatic heterocycles. The van der Waals surface area contributed by atoms with Crippen LogP contribution < -0.4 is 10.6 Å². The number of hydrogen-bond donors (Lipinski definition) is 2. The molecule has 0 fully saturated rings. The molecule has 0 saturated carbocycles. The summed E-state index contributed by atoms with van der Waals surface area (Å²) in [6.45, 7) is 1.82. The molecule has 0 aromatic rings. The first-order valence-corrected chi connectivity index (χ1v) is 2.25. The summed E-state index contributed by atoms with van der Waals surface area (Å²) in [4.78, 5) is 3.99. The largest absolute Gasteiger partial charge is 0.355 e. The van der Waals surface area contributed by atoms with Crippen LogP contribution in [0.3, 0.4) is 0 Å². The average molecular weight is 98.1 g/mol. The van der Waals surface area contributed by atoms with Gasteiger partial charge in [-0.05, 0) is 0 Å². The van der Waals surface area contributed by atoms with Gasteiger partial charge in [-0.1, -0.05) is 0 Å². The van der Waals surface area contributed by atoms with E-state index >= 15 is 0 Å². The van der Waals surface area contributed by atoms with E-state index in [0.29, 0.717) is 0 Å². The molecule has 39 valence electrons. The third-order valence-corrected chi connectivity index (χ3v) is 0.842. The lowest BCUT2D eigenvalue weighted by molar-refractivity contribution is 0.947. The number of hydrogen-bond acceptors (Lipinski definition) is 3. The molecule has 3 heteroatoms. The van der Waals surface area contributed by atoms with Crippen LogP contribution in [-0.2, 0) is 0 Å². The smallest absolute Gasteiger partial charge is 0.191 e. The van der Waals surface area contributed by atoms with Gasteiger partial charge in [-0.25, -0.2) is 0 Å². The van der Waals surface area contributed by atoms with Crippen molar-refractivity contribution in [1.29, 1.82) is 0 Å². The Morgan fingerprint density at radius 3 is 3.00 bits per heavy atom. The lowest BCUT2D eigenvalue weighted by atomic mass is 10.7. The molecule has 2 N–H and O–H groups in total. The highest BCUT2D eigenvalue weighted by atomic mass is 15.2. The fraction of sp³-hybridized carbons (Fsp3) is 0.500. The van der Waals surface area contributed by atoms with E-state index in [2.05, 4.69) is 22.7 Å². The summed E-state index contributed by atoms with van der Waals surface area (Å²) in [6, 6.07) is 0. The van der Waals surface area contributed by atoms with E-state index in [0.717, 1.165) is 19.0 Å². The van der Waals surface area contributed by atoms with E-state index in [4.69, 9.17) is 0 Å². The van der Waals surface area contributed by atoms with Gasteiger partial charge in [0.1, 0.15) is 0 Å². The predicted octanol–water partition coefficient (Wildman–Crippen LogP) is -0.673. The van der Waals surface area contributed by atoms with Crippen molar-refractivity contribution in [2.24, 2.45) is 4.99 Å². The Morgan fingerprint density at radius 2 is 2.71 bits per heavy atom.